The predicted octanol–water partition coefficient (Wildman–Crippen LogP) is 2.03. The maximum atomic E-state index is 12.5. The van der Waals surface area contributed by atoms with Crippen LogP contribution >= 0.6 is 0 Å². The SMILES string of the molecule is O=C(c1ccco1)N1CCN(C(=O)N2CCCCCC2)CC1. The lowest BCUT2D eigenvalue weighted by Crippen LogP contribution is -2.54. The molecule has 0 N–H and O–H groups in total. The normalized spacial score (nSPS) is 19.9. The molecule has 22 heavy (non-hydrogen) atoms. The highest BCUT2D eigenvalue weighted by Gasteiger charge is 2.28. The van der Waals surface area contributed by atoms with Crippen molar-refractivity contribution < 1.29 is 14.0 Å². The third-order valence-electron chi connectivity index (χ3n) is 4.45. The Hall–Kier alpha value is -1.98. The van der Waals surface area contributed by atoms with E-state index in [-0.39, 0.29) is 11.9 Å². The Morgan fingerprint density at radius 2 is 1.41 bits per heavy atom. The monoisotopic (exact) mass is 305 g/mol. The third kappa shape index (κ3) is 3.26. The summed E-state index contributed by atoms with van der Waals surface area (Å²) in [5, 5.41) is 0. The van der Waals surface area contributed by atoms with E-state index in [1.54, 1.807) is 17.0 Å². The predicted molar refractivity (Wildman–Crippen MR) is 81.6 cm³/mol. The van der Waals surface area contributed by atoms with Crippen molar-refractivity contribution in [3.63, 3.8) is 0 Å². The highest BCUT2D eigenvalue weighted by Crippen LogP contribution is 2.14. The van der Waals surface area contributed by atoms with Crippen molar-refractivity contribution in [1.82, 2.24) is 14.7 Å². The molecule has 2 saturated heterocycles. The molecule has 2 aliphatic rings. The van der Waals surface area contributed by atoms with Crippen LogP contribution in [0, 0.1) is 0 Å². The first kappa shape index (κ1) is 14.9. The molecule has 3 amide bonds. The van der Waals surface area contributed by atoms with Gasteiger partial charge in [0, 0.05) is 39.3 Å². The molecule has 0 unspecified atom stereocenters. The number of furan rings is 1. The third-order valence-corrected chi connectivity index (χ3v) is 4.45. The standard InChI is InChI=1S/C16H23N3O3/c20-15(14-6-5-13-22-14)17-9-11-19(12-10-17)16(21)18-7-3-1-2-4-8-18/h5-6,13H,1-4,7-12H2. The summed E-state index contributed by atoms with van der Waals surface area (Å²) >= 11 is 0. The molecule has 0 aliphatic carbocycles. The van der Waals surface area contributed by atoms with Gasteiger partial charge in [-0.3, -0.25) is 4.79 Å². The van der Waals surface area contributed by atoms with Gasteiger partial charge in [0.25, 0.3) is 5.91 Å². The van der Waals surface area contributed by atoms with E-state index in [0.717, 1.165) is 25.9 Å². The molecule has 0 bridgehead atoms. The molecule has 3 heterocycles. The lowest BCUT2D eigenvalue weighted by molar-refractivity contribution is 0.0610. The summed E-state index contributed by atoms with van der Waals surface area (Å²) in [4.78, 5) is 30.3. The highest BCUT2D eigenvalue weighted by atomic mass is 16.3. The minimum atomic E-state index is -0.0909. The number of urea groups is 1. The number of amides is 3. The molecule has 2 aliphatic heterocycles. The summed E-state index contributed by atoms with van der Waals surface area (Å²) in [6, 6.07) is 3.52. The summed E-state index contributed by atoms with van der Waals surface area (Å²) in [5.41, 5.74) is 0. The molecule has 0 aromatic carbocycles. The first-order valence-corrected chi connectivity index (χ1v) is 8.12. The van der Waals surface area contributed by atoms with Crippen LogP contribution < -0.4 is 0 Å². The molecule has 2 fully saturated rings. The molecule has 0 atom stereocenters. The maximum Gasteiger partial charge on any atom is 0.320 e. The van der Waals surface area contributed by atoms with Crippen LogP contribution in [-0.2, 0) is 0 Å². The summed E-state index contributed by atoms with van der Waals surface area (Å²) in [5.74, 6) is 0.277. The zero-order chi connectivity index (χ0) is 15.4. The molecule has 1 aromatic heterocycles. The molecular weight excluding hydrogens is 282 g/mol. The molecule has 120 valence electrons. The Labute approximate surface area is 130 Å². The van der Waals surface area contributed by atoms with Crippen LogP contribution in [0.25, 0.3) is 0 Å². The number of rotatable bonds is 1. The zero-order valence-electron chi connectivity index (χ0n) is 12.9. The van der Waals surface area contributed by atoms with Crippen molar-refractivity contribution in [3.8, 4) is 0 Å². The largest absolute Gasteiger partial charge is 0.459 e. The second-order valence-electron chi connectivity index (χ2n) is 5.94. The Balaban J connectivity index is 1.52. The quantitative estimate of drug-likeness (QED) is 0.798. The Bertz CT molecular complexity index is 499. The van der Waals surface area contributed by atoms with E-state index in [1.165, 1.54) is 19.1 Å². The minimum absolute atomic E-state index is 0.0909. The van der Waals surface area contributed by atoms with Gasteiger partial charge in [0.2, 0.25) is 0 Å². The van der Waals surface area contributed by atoms with Crippen molar-refractivity contribution in [2.75, 3.05) is 39.3 Å². The van der Waals surface area contributed by atoms with Crippen molar-refractivity contribution in [2.24, 2.45) is 0 Å². The molecule has 6 heteroatoms. The van der Waals surface area contributed by atoms with Crippen LogP contribution in [0.3, 0.4) is 0 Å². The van der Waals surface area contributed by atoms with Gasteiger partial charge in [-0.1, -0.05) is 12.8 Å². The van der Waals surface area contributed by atoms with Gasteiger partial charge < -0.3 is 19.1 Å². The van der Waals surface area contributed by atoms with Gasteiger partial charge in [0.15, 0.2) is 5.76 Å². The Morgan fingerprint density at radius 3 is 2.00 bits per heavy atom. The lowest BCUT2D eigenvalue weighted by Gasteiger charge is -2.37. The van der Waals surface area contributed by atoms with E-state index < -0.39 is 0 Å². The average molecular weight is 305 g/mol. The molecule has 0 spiro atoms. The maximum absolute atomic E-state index is 12.5. The smallest absolute Gasteiger partial charge is 0.320 e. The Kier molecular flexibility index (Phi) is 4.65. The molecule has 0 saturated carbocycles. The van der Waals surface area contributed by atoms with Gasteiger partial charge in [-0.2, -0.15) is 0 Å². The van der Waals surface area contributed by atoms with E-state index in [9.17, 15) is 9.59 Å². The van der Waals surface area contributed by atoms with Gasteiger partial charge >= 0.3 is 6.03 Å². The second kappa shape index (κ2) is 6.85. The summed E-state index contributed by atoms with van der Waals surface area (Å²) in [7, 11) is 0. The summed E-state index contributed by atoms with van der Waals surface area (Å²) in [6.45, 7) is 4.07. The number of carbonyl (C=O) groups excluding carboxylic acids is 2. The van der Waals surface area contributed by atoms with Crippen molar-refractivity contribution in [2.45, 2.75) is 25.7 Å². The van der Waals surface area contributed by atoms with E-state index in [1.807, 2.05) is 9.80 Å². The number of hydrogen-bond donors (Lipinski definition) is 0. The fraction of sp³-hybridized carbons (Fsp3) is 0.625. The zero-order valence-corrected chi connectivity index (χ0v) is 12.9. The molecular formula is C16H23N3O3. The van der Waals surface area contributed by atoms with Crippen LogP contribution in [0.15, 0.2) is 22.8 Å². The van der Waals surface area contributed by atoms with Crippen LogP contribution in [0.5, 0.6) is 0 Å². The van der Waals surface area contributed by atoms with E-state index in [0.29, 0.717) is 31.9 Å². The van der Waals surface area contributed by atoms with Crippen molar-refractivity contribution >= 4 is 11.9 Å². The topological polar surface area (TPSA) is 57.0 Å². The molecule has 3 rings (SSSR count). The minimum Gasteiger partial charge on any atom is -0.459 e. The molecule has 0 radical (unpaired) electrons. The number of likely N-dealkylation sites (tertiary alicyclic amines) is 1. The van der Waals surface area contributed by atoms with Crippen molar-refractivity contribution in [3.05, 3.63) is 24.2 Å². The fourth-order valence-electron chi connectivity index (χ4n) is 3.12. The fourth-order valence-corrected chi connectivity index (χ4v) is 3.12. The van der Waals surface area contributed by atoms with Crippen LogP contribution in [0.2, 0.25) is 0 Å². The van der Waals surface area contributed by atoms with Gasteiger partial charge in [0.1, 0.15) is 0 Å². The van der Waals surface area contributed by atoms with Crippen LogP contribution in [0.4, 0.5) is 4.79 Å². The number of piperazine rings is 1. The number of hydrogen-bond acceptors (Lipinski definition) is 3. The number of carbonyl (C=O) groups is 2. The van der Waals surface area contributed by atoms with Gasteiger partial charge in [-0.05, 0) is 25.0 Å². The van der Waals surface area contributed by atoms with E-state index in [4.69, 9.17) is 4.42 Å². The van der Waals surface area contributed by atoms with E-state index >= 15 is 0 Å². The average Bonchev–Trinajstić information content (AvgIpc) is 2.96. The van der Waals surface area contributed by atoms with Gasteiger partial charge in [-0.15, -0.1) is 0 Å². The Morgan fingerprint density at radius 1 is 0.818 bits per heavy atom. The molecule has 6 nitrogen and oxygen atoms in total. The lowest BCUT2D eigenvalue weighted by atomic mass is 10.2. The molecule has 1 aromatic rings. The van der Waals surface area contributed by atoms with Crippen LogP contribution in [-0.4, -0.2) is 65.9 Å². The van der Waals surface area contributed by atoms with Gasteiger partial charge in [-0.25, -0.2) is 4.79 Å². The second-order valence-corrected chi connectivity index (χ2v) is 5.94. The van der Waals surface area contributed by atoms with Crippen LogP contribution in [0.1, 0.15) is 36.2 Å². The first-order valence-electron chi connectivity index (χ1n) is 8.12. The van der Waals surface area contributed by atoms with Gasteiger partial charge in [0.05, 0.1) is 6.26 Å². The first-order chi connectivity index (χ1) is 10.8. The van der Waals surface area contributed by atoms with E-state index in [2.05, 4.69) is 0 Å². The van der Waals surface area contributed by atoms with Crippen molar-refractivity contribution in [1.29, 1.82) is 0 Å². The highest BCUT2D eigenvalue weighted by molar-refractivity contribution is 5.91. The number of nitrogens with zero attached hydrogens (tertiary/aromatic N) is 3. The summed E-state index contributed by atoms with van der Waals surface area (Å²) < 4.78 is 5.15. The summed E-state index contributed by atoms with van der Waals surface area (Å²) in [6.07, 6.45) is 6.14.